The molecule has 0 aromatic heterocycles. The second-order valence-electron chi connectivity index (χ2n) is 23.3. The van der Waals surface area contributed by atoms with Crippen LogP contribution >= 0.6 is 0 Å². The van der Waals surface area contributed by atoms with Gasteiger partial charge in [-0.3, -0.25) is 0 Å². The fraction of sp³-hybridized carbons (Fsp3) is 0.371. The number of amides is 2. The minimum atomic E-state index is -4.21. The highest BCUT2D eigenvalue weighted by molar-refractivity contribution is 7.89. The standard InChI is InChI=1S/C31H36N2O10S.C21H19NO5S.C17H21NO5.CH4/c1-40-22-8-10-23(11-9-22)44(38,39)33(17-21-7-12-26(34)27(35)16-21)18-28(36)25(15-20-5-3-2-4-6-20)32-31(37)43-29-19-42-30-24(29)13-14-41-30;1-25-17-8-10-18(11-9-17)28(23,24)22-14-15-7-12-19-20(13-15)27-21(26-19)16-5-3-2-4-6-16;19-17(23-14-9-22-16-12(14)6-7-20-16)18-13(15-10-21-15)8-11-4-2-1-3-5-11;/h2-12,16,24-25,28-30,34-36H,13-15,17-19H2,1H3,(H,32,37);2-13,21-22H,14H2,1H3;1-5,12-16H,6-10H2,(H,18,19);1H4. The highest BCUT2D eigenvalue weighted by Crippen LogP contribution is 2.41. The van der Waals surface area contributed by atoms with Gasteiger partial charge in [0.2, 0.25) is 20.0 Å². The molecule has 2 amide bonds. The van der Waals surface area contributed by atoms with E-state index >= 15 is 0 Å². The molecule has 0 radical (unpaired) electrons. The molecule has 0 spiro atoms. The number of nitrogens with one attached hydrogen (secondary N) is 3. The largest absolute Gasteiger partial charge is 0.504 e. The second-order valence-corrected chi connectivity index (χ2v) is 27.0. The summed E-state index contributed by atoms with van der Waals surface area (Å²) in [6.07, 6.45) is -1.83. The van der Waals surface area contributed by atoms with E-state index < -0.39 is 75.4 Å². The number of epoxide rings is 1. The highest BCUT2D eigenvalue weighted by atomic mass is 32.2. The number of carbonyl (C=O) groups excluding carboxylic acids is 2. The minimum absolute atomic E-state index is 0. The maximum Gasteiger partial charge on any atom is 0.407 e. The molecule has 96 heavy (non-hydrogen) atoms. The molecule has 6 heterocycles. The number of nitrogens with zero attached hydrogens (tertiary/aromatic N) is 1. The molecule has 6 aliphatic heterocycles. The monoisotopic (exact) mass is 1360 g/mol. The van der Waals surface area contributed by atoms with Crippen LogP contribution in [0.5, 0.6) is 34.5 Å². The molecule has 0 bridgehead atoms. The maximum absolute atomic E-state index is 13.9. The highest BCUT2D eigenvalue weighted by Gasteiger charge is 2.46. The van der Waals surface area contributed by atoms with Crippen LogP contribution in [0.4, 0.5) is 9.59 Å². The summed E-state index contributed by atoms with van der Waals surface area (Å²) in [5.74, 6) is 1.60. The van der Waals surface area contributed by atoms with Crippen molar-refractivity contribution < 1.29 is 93.8 Å². The Morgan fingerprint density at radius 2 is 1.10 bits per heavy atom. The lowest BCUT2D eigenvalue weighted by Crippen LogP contribution is -2.51. The lowest BCUT2D eigenvalue weighted by atomic mass is 10.0. The van der Waals surface area contributed by atoms with Gasteiger partial charge in [0.1, 0.15) is 29.8 Å². The number of alkyl carbamates (subject to hydrolysis) is 2. The van der Waals surface area contributed by atoms with E-state index in [2.05, 4.69) is 15.4 Å². The maximum atomic E-state index is 13.9. The van der Waals surface area contributed by atoms with Gasteiger partial charge < -0.3 is 78.1 Å². The van der Waals surface area contributed by atoms with Gasteiger partial charge in [-0.15, -0.1) is 0 Å². The van der Waals surface area contributed by atoms with Crippen LogP contribution in [0.15, 0.2) is 186 Å². The van der Waals surface area contributed by atoms with Crippen molar-refractivity contribution in [3.63, 3.8) is 0 Å². The summed E-state index contributed by atoms with van der Waals surface area (Å²) in [6.45, 7) is 1.95. The third-order valence-corrected chi connectivity index (χ3v) is 20.1. The number of aromatic hydroxyl groups is 2. The van der Waals surface area contributed by atoms with Crippen molar-refractivity contribution in [2.24, 2.45) is 11.8 Å². The molecule has 7 aromatic rings. The first kappa shape index (κ1) is 70.3. The van der Waals surface area contributed by atoms with Crippen LogP contribution in [0.2, 0.25) is 0 Å². The molecule has 26 heteroatoms. The fourth-order valence-corrected chi connectivity index (χ4v) is 14.0. The number of fused-ring (bicyclic) bond motifs is 3. The molecule has 7 aromatic carbocycles. The van der Waals surface area contributed by atoms with E-state index in [-0.39, 0.29) is 85.5 Å². The molecule has 512 valence electrons. The Balaban J connectivity index is 0.000000166. The van der Waals surface area contributed by atoms with Crippen molar-refractivity contribution in [3.8, 4) is 34.5 Å². The molecule has 5 fully saturated rings. The summed E-state index contributed by atoms with van der Waals surface area (Å²) >= 11 is 0. The SMILES string of the molecule is C.COc1ccc(S(=O)(=O)N(Cc2ccc(O)c(O)c2)CC(O)C(Cc2ccccc2)NC(=O)OC2COC3OCCC23)cc1.COc1ccc(S(=O)(=O)NCc2ccc3c(c2)OC(c2ccccc2)O3)cc1.O=C(NC(Cc1ccccc1)C1CO1)OC1COC2OCCC12. The van der Waals surface area contributed by atoms with Crippen LogP contribution < -0.4 is 34.3 Å². The molecule has 11 unspecified atom stereocenters. The third-order valence-electron chi connectivity index (χ3n) is 16.8. The van der Waals surface area contributed by atoms with Gasteiger partial charge in [0.05, 0.1) is 87.1 Å². The summed E-state index contributed by atoms with van der Waals surface area (Å²) < 4.78 is 117. The lowest BCUT2D eigenvalue weighted by Gasteiger charge is -2.30. The van der Waals surface area contributed by atoms with Gasteiger partial charge in [0.15, 0.2) is 35.6 Å². The smallest absolute Gasteiger partial charge is 0.407 e. The van der Waals surface area contributed by atoms with Crippen molar-refractivity contribution in [3.05, 3.63) is 204 Å². The van der Waals surface area contributed by atoms with E-state index in [0.717, 1.165) is 33.8 Å². The number of phenols is 2. The number of hydrogen-bond acceptors (Lipinski definition) is 20. The molecular weight excluding hydrogens is 1280 g/mol. The van der Waals surface area contributed by atoms with Gasteiger partial charge >= 0.3 is 12.2 Å². The lowest BCUT2D eigenvalue weighted by molar-refractivity contribution is -0.0909. The first-order valence-corrected chi connectivity index (χ1v) is 34.0. The van der Waals surface area contributed by atoms with Gasteiger partial charge in [-0.25, -0.2) is 31.1 Å². The van der Waals surface area contributed by atoms with Crippen LogP contribution in [0.1, 0.15) is 54.4 Å². The molecule has 0 aliphatic carbocycles. The molecular formula is C70H80N4O20S2. The third kappa shape index (κ3) is 18.3. The summed E-state index contributed by atoms with van der Waals surface area (Å²) in [5.41, 5.74) is 4.03. The molecule has 11 atom stereocenters. The van der Waals surface area contributed by atoms with Gasteiger partial charge in [-0.05, 0) is 121 Å². The molecule has 13 rings (SSSR count). The molecule has 24 nitrogen and oxygen atoms in total. The molecule has 5 saturated heterocycles. The van der Waals surface area contributed by atoms with Crippen molar-refractivity contribution in [1.29, 1.82) is 0 Å². The number of hydrogen-bond donors (Lipinski definition) is 6. The normalized spacial score (nSPS) is 22.0. The minimum Gasteiger partial charge on any atom is -0.504 e. The summed E-state index contributed by atoms with van der Waals surface area (Å²) in [4.78, 5) is 25.4. The first-order chi connectivity index (χ1) is 46.0. The average molecular weight is 1360 g/mol. The zero-order valence-electron chi connectivity index (χ0n) is 52.1. The number of rotatable bonds is 23. The Bertz CT molecular complexity index is 3900. The summed E-state index contributed by atoms with van der Waals surface area (Å²) in [7, 11) is -4.84. The van der Waals surface area contributed by atoms with Crippen molar-refractivity contribution in [2.45, 2.75) is 111 Å². The van der Waals surface area contributed by atoms with Crippen LogP contribution in [0, 0.1) is 11.8 Å². The van der Waals surface area contributed by atoms with E-state index in [4.69, 9.17) is 52.1 Å². The van der Waals surface area contributed by atoms with Gasteiger partial charge in [-0.1, -0.05) is 111 Å². The first-order valence-electron chi connectivity index (χ1n) is 31.1. The number of aliphatic hydroxyl groups excluding tert-OH is 1. The van der Waals surface area contributed by atoms with Crippen LogP contribution in [0.3, 0.4) is 0 Å². The second kappa shape index (κ2) is 32.5. The Hall–Kier alpha value is -8.54. The number of aliphatic hydroxyl groups is 1. The Kier molecular flexibility index (Phi) is 23.8. The van der Waals surface area contributed by atoms with Crippen LogP contribution in [-0.2, 0) is 79.1 Å². The number of ether oxygens (including phenoxy) is 11. The van der Waals surface area contributed by atoms with Gasteiger partial charge in [0.25, 0.3) is 6.29 Å². The van der Waals surface area contributed by atoms with Crippen molar-refractivity contribution in [1.82, 2.24) is 19.7 Å². The van der Waals surface area contributed by atoms with E-state index in [1.165, 1.54) is 74.4 Å². The predicted molar refractivity (Wildman–Crippen MR) is 349 cm³/mol. The predicted octanol–water partition coefficient (Wildman–Crippen LogP) is 8.52. The van der Waals surface area contributed by atoms with Crippen LogP contribution in [-0.4, -0.2) is 152 Å². The zero-order valence-corrected chi connectivity index (χ0v) is 53.8. The molecule has 6 N–H and O–H groups in total. The van der Waals surface area contributed by atoms with E-state index in [0.29, 0.717) is 61.4 Å². The zero-order chi connectivity index (χ0) is 66.5. The Labute approximate surface area is 558 Å². The van der Waals surface area contributed by atoms with Gasteiger partial charge in [-0.2, -0.15) is 4.31 Å². The Morgan fingerprint density at radius 1 is 0.573 bits per heavy atom. The fourth-order valence-electron chi connectivity index (χ4n) is 11.5. The van der Waals surface area contributed by atoms with Gasteiger partial charge in [0, 0.05) is 25.2 Å². The number of phenolic OH excluding ortho intramolecular Hbond substituents is 2. The average Bonchev–Trinajstić information content (AvgIpc) is 1.05. The molecule has 6 aliphatic rings. The quantitative estimate of drug-likeness (QED) is 0.0258. The number of methoxy groups -OCH3 is 2. The van der Waals surface area contributed by atoms with E-state index in [1.807, 2.05) is 97.1 Å². The Morgan fingerprint density at radius 3 is 1.67 bits per heavy atom. The topological polar surface area (TPSA) is 307 Å². The number of benzene rings is 7. The molecule has 0 saturated carbocycles. The summed E-state index contributed by atoms with van der Waals surface area (Å²) in [5, 5.41) is 37.0. The van der Waals surface area contributed by atoms with Crippen molar-refractivity contribution >= 4 is 32.2 Å². The number of sulfonamides is 2. The van der Waals surface area contributed by atoms with E-state index in [9.17, 15) is 41.7 Å². The van der Waals surface area contributed by atoms with Crippen molar-refractivity contribution in [2.75, 3.05) is 53.8 Å². The summed E-state index contributed by atoms with van der Waals surface area (Å²) in [6, 6.07) is 49.2. The van der Waals surface area contributed by atoms with E-state index in [1.54, 1.807) is 24.3 Å². The van der Waals surface area contributed by atoms with Crippen LogP contribution in [0.25, 0.3) is 0 Å². The number of carbonyl (C=O) groups is 2.